The average molecular weight is 407 g/mol. The van der Waals surface area contributed by atoms with Gasteiger partial charge in [-0.05, 0) is 29.3 Å². The molecule has 0 aliphatic rings. The Morgan fingerprint density at radius 2 is 1.92 bits per heavy atom. The molecule has 0 saturated heterocycles. The van der Waals surface area contributed by atoms with Crippen LogP contribution in [-0.2, 0) is 4.79 Å². The number of rotatable bonds is 7. The minimum Gasteiger partial charge on any atom is -0.338 e. The number of hydrogen-bond donors (Lipinski definition) is 3. The second kappa shape index (κ2) is 9.02. The number of urea groups is 1. The number of thioether (sulfide) groups is 1. The van der Waals surface area contributed by atoms with Crippen molar-refractivity contribution in [3.63, 3.8) is 0 Å². The van der Waals surface area contributed by atoms with Crippen molar-refractivity contribution in [2.45, 2.75) is 18.5 Å². The van der Waals surface area contributed by atoms with Gasteiger partial charge >= 0.3 is 6.03 Å². The van der Waals surface area contributed by atoms with Gasteiger partial charge < -0.3 is 10.3 Å². The number of imidazole rings is 1. The van der Waals surface area contributed by atoms with Crippen molar-refractivity contribution >= 4 is 46.4 Å². The molecule has 6 nitrogen and oxygen atoms in total. The Bertz CT molecular complexity index is 805. The molecule has 0 aromatic carbocycles. The highest BCUT2D eigenvalue weighted by Gasteiger charge is 2.17. The van der Waals surface area contributed by atoms with Gasteiger partial charge in [0.1, 0.15) is 5.69 Å². The predicted molar refractivity (Wildman–Crippen MR) is 108 cm³/mol. The number of H-pyrrole nitrogens is 1. The second-order valence-electron chi connectivity index (χ2n) is 5.31. The Balaban J connectivity index is 1.68. The van der Waals surface area contributed by atoms with Crippen LogP contribution < -0.4 is 10.6 Å². The highest BCUT2D eigenvalue weighted by atomic mass is 32.2. The molecule has 0 aliphatic heterocycles. The summed E-state index contributed by atoms with van der Waals surface area (Å²) in [7, 11) is 0. The number of amides is 3. The fraction of sp³-hybridized carbons (Fsp3) is 0.235. The van der Waals surface area contributed by atoms with E-state index in [2.05, 4.69) is 20.6 Å². The summed E-state index contributed by atoms with van der Waals surface area (Å²) in [6, 6.07) is 7.58. The van der Waals surface area contributed by atoms with Crippen molar-refractivity contribution in [2.24, 2.45) is 0 Å². The zero-order chi connectivity index (χ0) is 18.4. The van der Waals surface area contributed by atoms with E-state index in [1.807, 2.05) is 41.9 Å². The van der Waals surface area contributed by atoms with E-state index in [4.69, 9.17) is 0 Å². The topological polar surface area (TPSA) is 86.9 Å². The smallest absolute Gasteiger partial charge is 0.321 e. The summed E-state index contributed by atoms with van der Waals surface area (Å²) in [4.78, 5) is 33.5. The van der Waals surface area contributed by atoms with Crippen LogP contribution in [0.25, 0.3) is 21.1 Å². The Morgan fingerprint density at radius 3 is 2.58 bits per heavy atom. The van der Waals surface area contributed by atoms with E-state index in [1.54, 1.807) is 22.7 Å². The van der Waals surface area contributed by atoms with E-state index in [1.165, 1.54) is 11.8 Å². The fourth-order valence-electron chi connectivity index (χ4n) is 2.19. The first-order chi connectivity index (χ1) is 12.7. The standard InChI is InChI=1S/C17H18N4O2S3/c1-2-7-18-16(23)19-13(22)10-26-17-20-14(11-5-3-8-24-11)15(21-17)12-6-4-9-25-12/h3-6,8-9H,2,7,10H2,1H3,(H,20,21)(H2,18,19,22,23). The quantitative estimate of drug-likeness (QED) is 0.513. The minimum absolute atomic E-state index is 0.112. The normalized spacial score (nSPS) is 10.7. The van der Waals surface area contributed by atoms with Gasteiger partial charge in [0.15, 0.2) is 5.16 Å². The largest absolute Gasteiger partial charge is 0.338 e. The van der Waals surface area contributed by atoms with Gasteiger partial charge in [-0.2, -0.15) is 0 Å². The van der Waals surface area contributed by atoms with E-state index in [0.717, 1.165) is 27.6 Å². The molecule has 3 N–H and O–H groups in total. The van der Waals surface area contributed by atoms with Gasteiger partial charge in [0.05, 0.1) is 21.2 Å². The second-order valence-corrected chi connectivity index (χ2v) is 8.17. The molecule has 0 saturated carbocycles. The molecule has 0 fully saturated rings. The van der Waals surface area contributed by atoms with Crippen molar-refractivity contribution in [1.29, 1.82) is 0 Å². The van der Waals surface area contributed by atoms with E-state index in [0.29, 0.717) is 11.7 Å². The van der Waals surface area contributed by atoms with Crippen LogP contribution in [-0.4, -0.2) is 34.2 Å². The summed E-state index contributed by atoms with van der Waals surface area (Å²) in [6.07, 6.45) is 0.819. The lowest BCUT2D eigenvalue weighted by Gasteiger charge is -2.04. The van der Waals surface area contributed by atoms with Gasteiger partial charge in [0.25, 0.3) is 0 Å². The Labute approximate surface area is 163 Å². The molecule has 3 rings (SSSR count). The van der Waals surface area contributed by atoms with Crippen LogP contribution in [0.3, 0.4) is 0 Å². The van der Waals surface area contributed by atoms with Crippen LogP contribution in [0.15, 0.2) is 40.2 Å². The van der Waals surface area contributed by atoms with Crippen molar-refractivity contribution < 1.29 is 9.59 Å². The highest BCUT2D eigenvalue weighted by Crippen LogP contribution is 2.36. The predicted octanol–water partition coefficient (Wildman–Crippen LogP) is 4.19. The van der Waals surface area contributed by atoms with Crippen LogP contribution in [0.5, 0.6) is 0 Å². The monoisotopic (exact) mass is 406 g/mol. The summed E-state index contributed by atoms with van der Waals surface area (Å²) in [6.45, 7) is 2.49. The van der Waals surface area contributed by atoms with E-state index in [9.17, 15) is 9.59 Å². The zero-order valence-corrected chi connectivity index (χ0v) is 16.5. The SMILES string of the molecule is CCCNC(=O)NC(=O)CSc1nc(-c2cccs2)c(-c2cccs2)[nH]1. The summed E-state index contributed by atoms with van der Waals surface area (Å²) < 4.78 is 0. The number of carbonyl (C=O) groups excluding carboxylic acids is 2. The molecular weight excluding hydrogens is 388 g/mol. The minimum atomic E-state index is -0.463. The first-order valence-corrected chi connectivity index (χ1v) is 10.8. The van der Waals surface area contributed by atoms with E-state index in [-0.39, 0.29) is 11.7 Å². The summed E-state index contributed by atoms with van der Waals surface area (Å²) in [5.41, 5.74) is 1.83. The molecule has 0 unspecified atom stereocenters. The van der Waals surface area contributed by atoms with Gasteiger partial charge in [-0.25, -0.2) is 9.78 Å². The molecule has 0 atom stereocenters. The molecule has 0 aliphatic carbocycles. The van der Waals surface area contributed by atoms with Crippen LogP contribution in [0.2, 0.25) is 0 Å². The highest BCUT2D eigenvalue weighted by molar-refractivity contribution is 7.99. The van der Waals surface area contributed by atoms with Crippen molar-refractivity contribution in [2.75, 3.05) is 12.3 Å². The molecule has 0 bridgehead atoms. The lowest BCUT2D eigenvalue weighted by atomic mass is 10.2. The zero-order valence-electron chi connectivity index (χ0n) is 14.1. The van der Waals surface area contributed by atoms with Gasteiger partial charge in [-0.3, -0.25) is 10.1 Å². The number of nitrogens with zero attached hydrogens (tertiary/aromatic N) is 1. The van der Waals surface area contributed by atoms with Gasteiger partial charge in [-0.1, -0.05) is 30.8 Å². The maximum Gasteiger partial charge on any atom is 0.321 e. The van der Waals surface area contributed by atoms with E-state index >= 15 is 0 Å². The number of aromatic nitrogens is 2. The van der Waals surface area contributed by atoms with E-state index < -0.39 is 6.03 Å². The number of hydrogen-bond acceptors (Lipinski definition) is 6. The molecule has 3 aromatic heterocycles. The number of nitrogens with one attached hydrogen (secondary N) is 3. The average Bonchev–Trinajstić information content (AvgIpc) is 3.38. The lowest BCUT2D eigenvalue weighted by Crippen LogP contribution is -2.40. The van der Waals surface area contributed by atoms with Crippen LogP contribution in [0.4, 0.5) is 4.79 Å². The molecule has 9 heteroatoms. The Morgan fingerprint density at radius 1 is 1.19 bits per heavy atom. The number of aromatic amines is 1. The Kier molecular flexibility index (Phi) is 6.48. The van der Waals surface area contributed by atoms with Crippen molar-refractivity contribution in [1.82, 2.24) is 20.6 Å². The third kappa shape index (κ3) is 4.75. The molecule has 136 valence electrons. The maximum absolute atomic E-state index is 11.9. The number of thiophene rings is 2. The molecule has 26 heavy (non-hydrogen) atoms. The van der Waals surface area contributed by atoms with Gasteiger partial charge in [0.2, 0.25) is 5.91 Å². The fourth-order valence-corrected chi connectivity index (χ4v) is 4.31. The molecule has 3 heterocycles. The molecule has 0 radical (unpaired) electrons. The van der Waals surface area contributed by atoms with Crippen LogP contribution in [0, 0.1) is 0 Å². The summed E-state index contributed by atoms with van der Waals surface area (Å²) in [5.74, 6) is -0.240. The molecule has 3 amide bonds. The number of carbonyl (C=O) groups is 2. The lowest BCUT2D eigenvalue weighted by molar-refractivity contribution is -0.117. The molecule has 3 aromatic rings. The third-order valence-electron chi connectivity index (χ3n) is 3.33. The van der Waals surface area contributed by atoms with Crippen molar-refractivity contribution in [3.05, 3.63) is 35.0 Å². The third-order valence-corrected chi connectivity index (χ3v) is 5.97. The number of imide groups is 1. The maximum atomic E-state index is 11.9. The van der Waals surface area contributed by atoms with Crippen LogP contribution in [0.1, 0.15) is 13.3 Å². The first kappa shape index (κ1) is 18.7. The van der Waals surface area contributed by atoms with Gasteiger partial charge in [-0.15, -0.1) is 22.7 Å². The summed E-state index contributed by atoms with van der Waals surface area (Å²) in [5, 5.41) is 9.61. The van der Waals surface area contributed by atoms with Crippen molar-refractivity contribution in [3.8, 4) is 21.1 Å². The van der Waals surface area contributed by atoms with Gasteiger partial charge in [0, 0.05) is 6.54 Å². The summed E-state index contributed by atoms with van der Waals surface area (Å²) >= 11 is 4.53. The molecular formula is C17H18N4O2S3. The van der Waals surface area contributed by atoms with Crippen LogP contribution >= 0.6 is 34.4 Å². The Hall–Kier alpha value is -2.10. The molecule has 0 spiro atoms. The first-order valence-electron chi connectivity index (χ1n) is 8.05.